The van der Waals surface area contributed by atoms with Gasteiger partial charge in [-0.3, -0.25) is 5.84 Å². The standard InChI is InChI=1S/C12H15N3OS/c1-2-16-11-6-4-3-5-9(11)12(15-13)10-7-17-8-14-10/h3-8,12,15H,2,13H2,1H3. The van der Waals surface area contributed by atoms with E-state index in [-0.39, 0.29) is 6.04 Å². The van der Waals surface area contributed by atoms with Gasteiger partial charge in [0, 0.05) is 10.9 Å². The van der Waals surface area contributed by atoms with Crippen LogP contribution >= 0.6 is 11.3 Å². The topological polar surface area (TPSA) is 60.2 Å². The van der Waals surface area contributed by atoms with Crippen molar-refractivity contribution >= 4 is 11.3 Å². The van der Waals surface area contributed by atoms with Crippen molar-refractivity contribution in [2.45, 2.75) is 13.0 Å². The van der Waals surface area contributed by atoms with Gasteiger partial charge in [-0.25, -0.2) is 10.4 Å². The highest BCUT2D eigenvalue weighted by atomic mass is 32.1. The molecule has 1 aromatic carbocycles. The first-order valence-corrected chi connectivity index (χ1v) is 6.37. The van der Waals surface area contributed by atoms with E-state index in [2.05, 4.69) is 10.4 Å². The molecule has 0 aliphatic rings. The number of thiazole rings is 1. The second-order valence-electron chi connectivity index (χ2n) is 3.48. The predicted octanol–water partition coefficient (Wildman–Crippen LogP) is 2.09. The molecule has 1 heterocycles. The number of ether oxygens (including phenoxy) is 1. The number of benzene rings is 1. The van der Waals surface area contributed by atoms with Gasteiger partial charge < -0.3 is 4.74 Å². The lowest BCUT2D eigenvalue weighted by atomic mass is 10.0. The number of nitrogens with zero attached hydrogens (tertiary/aromatic N) is 1. The van der Waals surface area contributed by atoms with Crippen LogP contribution in [0.5, 0.6) is 5.75 Å². The Morgan fingerprint density at radius 1 is 1.47 bits per heavy atom. The number of nitrogens with two attached hydrogens (primary N) is 1. The van der Waals surface area contributed by atoms with Crippen LogP contribution in [0.1, 0.15) is 24.2 Å². The van der Waals surface area contributed by atoms with Gasteiger partial charge >= 0.3 is 0 Å². The minimum atomic E-state index is -0.135. The van der Waals surface area contributed by atoms with E-state index < -0.39 is 0 Å². The average Bonchev–Trinajstić information content (AvgIpc) is 2.86. The summed E-state index contributed by atoms with van der Waals surface area (Å²) in [5.74, 6) is 6.46. The lowest BCUT2D eigenvalue weighted by molar-refractivity contribution is 0.333. The van der Waals surface area contributed by atoms with Gasteiger partial charge in [0.15, 0.2) is 0 Å². The Labute approximate surface area is 104 Å². The van der Waals surface area contributed by atoms with Crippen LogP contribution < -0.4 is 16.0 Å². The summed E-state index contributed by atoms with van der Waals surface area (Å²) in [7, 11) is 0. The van der Waals surface area contributed by atoms with Gasteiger partial charge in [0.2, 0.25) is 0 Å². The molecule has 0 aliphatic carbocycles. The molecule has 0 radical (unpaired) electrons. The van der Waals surface area contributed by atoms with Crippen LogP contribution in [-0.2, 0) is 0 Å². The molecule has 0 aliphatic heterocycles. The molecule has 2 aromatic rings. The Balaban J connectivity index is 2.37. The second kappa shape index (κ2) is 5.77. The summed E-state index contributed by atoms with van der Waals surface area (Å²) in [4.78, 5) is 4.29. The van der Waals surface area contributed by atoms with E-state index in [9.17, 15) is 0 Å². The van der Waals surface area contributed by atoms with Gasteiger partial charge in [0.05, 0.1) is 23.9 Å². The number of hydrazine groups is 1. The first-order valence-electron chi connectivity index (χ1n) is 5.42. The molecule has 0 saturated carbocycles. The SMILES string of the molecule is CCOc1ccccc1C(NN)c1cscn1. The van der Waals surface area contributed by atoms with E-state index in [1.807, 2.05) is 36.6 Å². The third-order valence-corrected chi connectivity index (χ3v) is 3.05. The summed E-state index contributed by atoms with van der Waals surface area (Å²) in [5.41, 5.74) is 6.49. The molecule has 1 unspecified atom stereocenters. The summed E-state index contributed by atoms with van der Waals surface area (Å²) < 4.78 is 5.60. The second-order valence-corrected chi connectivity index (χ2v) is 4.20. The normalized spacial score (nSPS) is 12.4. The number of hydrogen-bond donors (Lipinski definition) is 2. The van der Waals surface area contributed by atoms with E-state index in [4.69, 9.17) is 10.6 Å². The van der Waals surface area contributed by atoms with E-state index in [1.165, 1.54) is 0 Å². The molecule has 0 bridgehead atoms. The van der Waals surface area contributed by atoms with Crippen molar-refractivity contribution in [2.24, 2.45) is 5.84 Å². The molecule has 90 valence electrons. The monoisotopic (exact) mass is 249 g/mol. The molecule has 1 atom stereocenters. The van der Waals surface area contributed by atoms with Crippen molar-refractivity contribution in [3.63, 3.8) is 0 Å². The van der Waals surface area contributed by atoms with Crippen molar-refractivity contribution in [2.75, 3.05) is 6.61 Å². The number of hydrogen-bond acceptors (Lipinski definition) is 5. The predicted molar refractivity (Wildman–Crippen MR) is 68.9 cm³/mol. The molecule has 3 N–H and O–H groups in total. The van der Waals surface area contributed by atoms with Crippen molar-refractivity contribution in [3.8, 4) is 5.75 Å². The molecule has 2 rings (SSSR count). The average molecular weight is 249 g/mol. The molecule has 0 fully saturated rings. The Morgan fingerprint density at radius 2 is 2.29 bits per heavy atom. The number of aromatic nitrogens is 1. The van der Waals surface area contributed by atoms with Crippen LogP contribution in [0.3, 0.4) is 0 Å². The minimum Gasteiger partial charge on any atom is -0.494 e. The first-order chi connectivity index (χ1) is 8.36. The third kappa shape index (κ3) is 2.63. The van der Waals surface area contributed by atoms with E-state index in [0.29, 0.717) is 6.61 Å². The molecule has 1 aromatic heterocycles. The number of rotatable bonds is 5. The van der Waals surface area contributed by atoms with Crippen LogP contribution in [0.15, 0.2) is 35.2 Å². The van der Waals surface area contributed by atoms with Crippen molar-refractivity contribution in [3.05, 3.63) is 46.4 Å². The summed E-state index contributed by atoms with van der Waals surface area (Å²) in [6.45, 7) is 2.59. The fourth-order valence-corrected chi connectivity index (χ4v) is 2.28. The Kier molecular flexibility index (Phi) is 4.08. The van der Waals surface area contributed by atoms with Crippen LogP contribution in [0.2, 0.25) is 0 Å². The zero-order valence-corrected chi connectivity index (χ0v) is 10.4. The first kappa shape index (κ1) is 12.0. The maximum atomic E-state index is 5.62. The van der Waals surface area contributed by atoms with Crippen LogP contribution in [0.25, 0.3) is 0 Å². The zero-order chi connectivity index (χ0) is 12.1. The molecule has 4 nitrogen and oxygen atoms in total. The lowest BCUT2D eigenvalue weighted by Gasteiger charge is -2.17. The van der Waals surface area contributed by atoms with Crippen LogP contribution in [-0.4, -0.2) is 11.6 Å². The van der Waals surface area contributed by atoms with E-state index in [1.54, 1.807) is 16.8 Å². The Morgan fingerprint density at radius 3 is 2.94 bits per heavy atom. The largest absolute Gasteiger partial charge is 0.494 e. The smallest absolute Gasteiger partial charge is 0.124 e. The molecule has 17 heavy (non-hydrogen) atoms. The molecular formula is C12H15N3OS. The van der Waals surface area contributed by atoms with Crippen molar-refractivity contribution < 1.29 is 4.74 Å². The fraction of sp³-hybridized carbons (Fsp3) is 0.250. The Hall–Kier alpha value is -1.43. The van der Waals surface area contributed by atoms with Gasteiger partial charge in [-0.1, -0.05) is 18.2 Å². The van der Waals surface area contributed by atoms with Crippen molar-refractivity contribution in [1.82, 2.24) is 10.4 Å². The van der Waals surface area contributed by atoms with E-state index >= 15 is 0 Å². The van der Waals surface area contributed by atoms with Gasteiger partial charge in [0.25, 0.3) is 0 Å². The molecule has 0 saturated heterocycles. The minimum absolute atomic E-state index is 0.135. The molecular weight excluding hydrogens is 234 g/mol. The highest BCUT2D eigenvalue weighted by Gasteiger charge is 2.18. The maximum Gasteiger partial charge on any atom is 0.124 e. The third-order valence-electron chi connectivity index (χ3n) is 2.44. The van der Waals surface area contributed by atoms with Gasteiger partial charge in [0.1, 0.15) is 5.75 Å². The fourth-order valence-electron chi connectivity index (χ4n) is 1.70. The summed E-state index contributed by atoms with van der Waals surface area (Å²) in [5, 5.41) is 1.98. The van der Waals surface area contributed by atoms with Gasteiger partial charge in [-0.05, 0) is 13.0 Å². The summed E-state index contributed by atoms with van der Waals surface area (Å²) >= 11 is 1.55. The highest BCUT2D eigenvalue weighted by molar-refractivity contribution is 7.07. The van der Waals surface area contributed by atoms with Gasteiger partial charge in [-0.2, -0.15) is 0 Å². The van der Waals surface area contributed by atoms with Crippen molar-refractivity contribution in [1.29, 1.82) is 0 Å². The van der Waals surface area contributed by atoms with Gasteiger partial charge in [-0.15, -0.1) is 11.3 Å². The van der Waals surface area contributed by atoms with Crippen LogP contribution in [0.4, 0.5) is 0 Å². The lowest BCUT2D eigenvalue weighted by Crippen LogP contribution is -2.29. The Bertz CT molecular complexity index is 459. The zero-order valence-electron chi connectivity index (χ0n) is 9.59. The van der Waals surface area contributed by atoms with Crippen LogP contribution in [0, 0.1) is 0 Å². The number of para-hydroxylation sites is 1. The molecule has 0 spiro atoms. The summed E-state index contributed by atoms with van der Waals surface area (Å²) in [6.07, 6.45) is 0. The maximum absolute atomic E-state index is 5.62. The highest BCUT2D eigenvalue weighted by Crippen LogP contribution is 2.29. The molecule has 5 heteroatoms. The van der Waals surface area contributed by atoms with E-state index in [0.717, 1.165) is 17.0 Å². The summed E-state index contributed by atoms with van der Waals surface area (Å²) in [6, 6.07) is 7.71. The quantitative estimate of drug-likeness (QED) is 0.629. The number of nitrogens with one attached hydrogen (secondary N) is 1. The molecule has 0 amide bonds.